The van der Waals surface area contributed by atoms with E-state index in [9.17, 15) is 33.6 Å². The van der Waals surface area contributed by atoms with Gasteiger partial charge in [-0.1, -0.05) is 29.8 Å². The van der Waals surface area contributed by atoms with Crippen LogP contribution in [0.2, 0.25) is 5.02 Å². The van der Waals surface area contributed by atoms with Crippen LogP contribution < -0.4 is 4.74 Å². The van der Waals surface area contributed by atoms with Gasteiger partial charge in [0.2, 0.25) is 0 Å². The number of halogens is 1. The second-order valence-electron chi connectivity index (χ2n) is 14.4. The van der Waals surface area contributed by atoms with Crippen molar-refractivity contribution in [3.8, 4) is 16.9 Å². The van der Waals surface area contributed by atoms with Gasteiger partial charge in [-0.3, -0.25) is 9.78 Å². The lowest BCUT2D eigenvalue weighted by molar-refractivity contribution is -0.160. The molecular weight excluding hydrogens is 756 g/mol. The number of pyridine rings is 1. The fourth-order valence-corrected chi connectivity index (χ4v) is 9.41. The van der Waals surface area contributed by atoms with Crippen molar-refractivity contribution in [1.29, 1.82) is 0 Å². The minimum Gasteiger partial charge on any atom is -0.490 e. The lowest BCUT2D eigenvalue weighted by atomic mass is 9.96. The Balaban J connectivity index is 1.05. The van der Waals surface area contributed by atoms with Crippen molar-refractivity contribution in [3.05, 3.63) is 77.1 Å². The molecule has 2 heterocycles. The molecule has 3 aliphatic rings. The van der Waals surface area contributed by atoms with Crippen LogP contribution >= 0.6 is 23.4 Å². The Labute approximate surface area is 325 Å². The quantitative estimate of drug-likeness (QED) is 0.0872. The van der Waals surface area contributed by atoms with Gasteiger partial charge in [0.25, 0.3) is 5.91 Å². The Morgan fingerprint density at radius 2 is 1.72 bits per heavy atom. The van der Waals surface area contributed by atoms with Crippen molar-refractivity contribution >= 4 is 39.1 Å². The number of aliphatic hydroxyl groups excluding tert-OH is 5. The number of thioether (sulfide) groups is 1. The van der Waals surface area contributed by atoms with E-state index < -0.39 is 58.4 Å². The zero-order valence-corrected chi connectivity index (χ0v) is 32.4. The number of carbonyl (C=O) groups excluding carboxylic acids is 1. The van der Waals surface area contributed by atoms with Gasteiger partial charge < -0.3 is 39.9 Å². The monoisotopic (exact) mass is 804 g/mol. The molecule has 12 nitrogen and oxygen atoms in total. The third-order valence-electron chi connectivity index (χ3n) is 10.4. The average molecular weight is 805 g/mol. The summed E-state index contributed by atoms with van der Waals surface area (Å²) < 4.78 is 37.0. The molecule has 3 aromatic rings. The van der Waals surface area contributed by atoms with Crippen molar-refractivity contribution in [2.24, 2.45) is 0 Å². The fraction of sp³-hybridized carbons (Fsp3) is 0.538. The minimum atomic E-state index is -3.23. The van der Waals surface area contributed by atoms with Crippen molar-refractivity contribution < 1.29 is 48.2 Å². The summed E-state index contributed by atoms with van der Waals surface area (Å²) in [5.41, 5.74) is 3.49. The smallest absolute Gasteiger partial charge is 0.254 e. The van der Waals surface area contributed by atoms with E-state index in [1.165, 1.54) is 4.90 Å². The SMILES string of the molecule is O=C(C(O)C(O)C(O)C(O)CO)N(CCCCSc1ccc(Cl)c(COC2(c3cnccc3-c3ccccc3OC3CC3)CC2)c1)C1CCS(=O)(=O)CC1. The maximum absolute atomic E-state index is 13.4. The van der Waals surface area contributed by atoms with Crippen molar-refractivity contribution in [1.82, 2.24) is 9.88 Å². The van der Waals surface area contributed by atoms with Gasteiger partial charge in [-0.05, 0) is 98.6 Å². The minimum absolute atomic E-state index is 0.0990. The molecule has 4 atom stereocenters. The number of ether oxygens (including phenoxy) is 2. The predicted octanol–water partition coefficient (Wildman–Crippen LogP) is 3.86. The zero-order valence-electron chi connectivity index (χ0n) is 30.0. The number of para-hydroxylation sites is 1. The van der Waals surface area contributed by atoms with Gasteiger partial charge in [0.15, 0.2) is 6.10 Å². The van der Waals surface area contributed by atoms with Crippen molar-refractivity contribution in [3.63, 3.8) is 0 Å². The molecule has 2 aromatic carbocycles. The lowest BCUT2D eigenvalue weighted by Gasteiger charge is -2.37. The largest absolute Gasteiger partial charge is 0.490 e. The van der Waals surface area contributed by atoms with E-state index in [1.807, 2.05) is 48.7 Å². The highest BCUT2D eigenvalue weighted by Crippen LogP contribution is 2.53. The third-order valence-corrected chi connectivity index (χ3v) is 13.5. The number of carbonyl (C=O) groups is 1. The van der Waals surface area contributed by atoms with Crippen molar-refractivity contribution in [2.75, 3.05) is 30.4 Å². The van der Waals surface area contributed by atoms with E-state index in [2.05, 4.69) is 11.1 Å². The maximum atomic E-state index is 13.4. The number of hydrogen-bond donors (Lipinski definition) is 5. The van der Waals surface area contributed by atoms with Crippen LogP contribution in [0.3, 0.4) is 0 Å². The van der Waals surface area contributed by atoms with Gasteiger partial charge in [-0.2, -0.15) is 0 Å². The molecule has 1 aliphatic heterocycles. The van der Waals surface area contributed by atoms with E-state index in [4.69, 9.17) is 26.2 Å². The summed E-state index contributed by atoms with van der Waals surface area (Å²) in [5, 5.41) is 50.5. The Kier molecular flexibility index (Phi) is 13.6. The number of sulfone groups is 1. The highest BCUT2D eigenvalue weighted by molar-refractivity contribution is 7.99. The highest BCUT2D eigenvalue weighted by atomic mass is 35.5. The first-order chi connectivity index (χ1) is 25.9. The first-order valence-corrected chi connectivity index (χ1v) is 21.7. The van der Waals surface area contributed by atoms with Crippen LogP contribution in [0.25, 0.3) is 11.1 Å². The molecule has 5 N–H and O–H groups in total. The predicted molar refractivity (Wildman–Crippen MR) is 205 cm³/mol. The molecule has 2 aliphatic carbocycles. The molecule has 294 valence electrons. The van der Waals surface area contributed by atoms with Gasteiger partial charge in [0, 0.05) is 46.0 Å². The van der Waals surface area contributed by atoms with E-state index >= 15 is 0 Å². The molecule has 4 unspecified atom stereocenters. The van der Waals surface area contributed by atoms with Gasteiger partial charge in [0.05, 0.1) is 36.4 Å². The van der Waals surface area contributed by atoms with Crippen LogP contribution in [-0.4, -0.2) is 117 Å². The maximum Gasteiger partial charge on any atom is 0.254 e. The molecule has 2 saturated carbocycles. The van der Waals surface area contributed by atoms with E-state index in [-0.39, 0.29) is 37.0 Å². The normalized spacial score (nSPS) is 20.1. The number of nitrogens with zero attached hydrogens (tertiary/aromatic N) is 2. The summed E-state index contributed by atoms with van der Waals surface area (Å²) in [7, 11) is -3.23. The molecule has 1 amide bonds. The highest BCUT2D eigenvalue weighted by Gasteiger charge is 2.48. The van der Waals surface area contributed by atoms with E-state index in [0.717, 1.165) is 58.6 Å². The van der Waals surface area contributed by atoms with Gasteiger partial charge in [-0.25, -0.2) is 8.42 Å². The van der Waals surface area contributed by atoms with E-state index in [1.54, 1.807) is 18.0 Å². The summed E-state index contributed by atoms with van der Waals surface area (Å²) in [4.78, 5) is 20.2. The number of benzene rings is 2. The Morgan fingerprint density at radius 3 is 2.43 bits per heavy atom. The number of rotatable bonds is 19. The lowest BCUT2D eigenvalue weighted by Crippen LogP contribution is -2.55. The van der Waals surface area contributed by atoms with Gasteiger partial charge >= 0.3 is 0 Å². The Morgan fingerprint density at radius 1 is 0.981 bits per heavy atom. The van der Waals surface area contributed by atoms with Gasteiger partial charge in [0.1, 0.15) is 33.9 Å². The second-order valence-corrected chi connectivity index (χ2v) is 18.3. The van der Waals surface area contributed by atoms with Crippen LogP contribution in [0.5, 0.6) is 5.75 Å². The van der Waals surface area contributed by atoms with E-state index in [0.29, 0.717) is 30.2 Å². The molecule has 0 spiro atoms. The second kappa shape index (κ2) is 18.0. The summed E-state index contributed by atoms with van der Waals surface area (Å²) in [6.07, 6.45) is 1.59. The summed E-state index contributed by atoms with van der Waals surface area (Å²) in [6.45, 7) is -0.363. The number of hydrogen-bond acceptors (Lipinski definition) is 12. The number of aromatic nitrogens is 1. The number of unbranched alkanes of at least 4 members (excludes halogenated alkanes) is 1. The molecule has 1 aromatic heterocycles. The molecule has 15 heteroatoms. The number of amides is 1. The Bertz CT molecular complexity index is 1840. The van der Waals surface area contributed by atoms with Crippen LogP contribution in [0.15, 0.2) is 65.8 Å². The first kappa shape index (κ1) is 40.9. The third kappa shape index (κ3) is 10.1. The molecule has 0 radical (unpaired) electrons. The molecule has 1 saturated heterocycles. The zero-order chi connectivity index (χ0) is 38.5. The van der Waals surface area contributed by atoms with Gasteiger partial charge in [-0.15, -0.1) is 11.8 Å². The molecule has 54 heavy (non-hydrogen) atoms. The number of aliphatic hydroxyl groups is 5. The fourth-order valence-electron chi connectivity index (χ4n) is 6.80. The molecule has 0 bridgehead atoms. The van der Waals surface area contributed by atoms with Crippen LogP contribution in [-0.2, 0) is 31.6 Å². The standard InChI is InChI=1S/C39H49ClN2O10S2/c40-32-10-9-28(53-18-4-3-17-42(26-12-19-54(49,50)20-13-26)38(48)37(47)36(46)35(45)33(44)23-43)21-25(32)24-51-39(14-15-39)31-22-41-16-11-29(31)30-5-1-2-6-34(30)52-27-7-8-27/h1-2,5-6,9-11,16,21-22,26-27,33,35-37,43-47H,3-4,7-8,12-15,17-20,23-24H2. The van der Waals surface area contributed by atoms with Crippen LogP contribution in [0, 0.1) is 0 Å². The average Bonchev–Trinajstić information content (AvgIpc) is 4.13. The topological polar surface area (TPSA) is 187 Å². The summed E-state index contributed by atoms with van der Waals surface area (Å²) in [5.74, 6) is 0.497. The molecule has 3 fully saturated rings. The molecular formula is C39H49ClN2O10S2. The molecule has 6 rings (SSSR count). The summed E-state index contributed by atoms with van der Waals surface area (Å²) in [6, 6.07) is 15.5. The van der Waals surface area contributed by atoms with Crippen molar-refractivity contribution in [2.45, 2.75) is 105 Å². The first-order valence-electron chi connectivity index (χ1n) is 18.5. The summed E-state index contributed by atoms with van der Waals surface area (Å²) >= 11 is 8.27. The Hall–Kier alpha value is -2.79. The van der Waals surface area contributed by atoms with Crippen LogP contribution in [0.1, 0.15) is 62.5 Å². The van der Waals surface area contributed by atoms with Crippen LogP contribution in [0.4, 0.5) is 0 Å².